The number of fused-ring (bicyclic) bond motifs is 3. The maximum absolute atomic E-state index is 8.79. The first-order valence-corrected chi connectivity index (χ1v) is 13.5. The van der Waals surface area contributed by atoms with Crippen molar-refractivity contribution in [2.45, 2.75) is 52.4 Å². The predicted molar refractivity (Wildman–Crippen MR) is 169 cm³/mol. The molecule has 1 aromatic heterocycles. The lowest BCUT2D eigenvalue weighted by atomic mass is 9.79. The quantitative estimate of drug-likeness (QED) is 0.222. The van der Waals surface area contributed by atoms with Gasteiger partial charge in [-0.25, -0.2) is 0 Å². The van der Waals surface area contributed by atoms with E-state index in [4.69, 9.17) is 6.85 Å². The standard InChI is InChI=1S/C38H37N/c1-37(2,3)29-22-28(23-30(25-29)38(4,5)6)27-20-21-34-33(24-27)36-32(26-14-9-7-10-15-26)18-13-19-35(36)39(34)31-16-11-8-12-17-31/h7-25H,1-6H3/i7D,9D,10D,14D,15D. The minimum atomic E-state index is -0.390. The number of benzene rings is 5. The average Bonchev–Trinajstić information content (AvgIpc) is 3.33. The molecule has 0 spiro atoms. The Hall–Kier alpha value is -4.10. The van der Waals surface area contributed by atoms with Gasteiger partial charge in [-0.3, -0.25) is 0 Å². The van der Waals surface area contributed by atoms with Crippen LogP contribution in [0.3, 0.4) is 0 Å². The van der Waals surface area contributed by atoms with Crippen LogP contribution in [0.4, 0.5) is 0 Å². The highest BCUT2D eigenvalue weighted by Gasteiger charge is 2.22. The molecular weight excluding hydrogens is 470 g/mol. The molecule has 39 heavy (non-hydrogen) atoms. The summed E-state index contributed by atoms with van der Waals surface area (Å²) in [5.41, 5.74) is 8.39. The van der Waals surface area contributed by atoms with Crippen LogP contribution in [0.25, 0.3) is 49.7 Å². The lowest BCUT2D eigenvalue weighted by Gasteiger charge is -2.26. The second-order valence-electron chi connectivity index (χ2n) is 12.4. The Morgan fingerprint density at radius 2 is 1.23 bits per heavy atom. The maximum atomic E-state index is 8.79. The van der Waals surface area contributed by atoms with Gasteiger partial charge in [0.1, 0.15) is 0 Å². The molecule has 1 heterocycles. The van der Waals surface area contributed by atoms with Crippen LogP contribution in [0.15, 0.2) is 115 Å². The molecule has 0 radical (unpaired) electrons. The lowest BCUT2D eigenvalue weighted by molar-refractivity contribution is 0.569. The van der Waals surface area contributed by atoms with Crippen LogP contribution >= 0.6 is 0 Å². The fourth-order valence-corrected chi connectivity index (χ4v) is 5.36. The first kappa shape index (κ1) is 19.9. The zero-order chi connectivity index (χ0) is 31.7. The fraction of sp³-hybridized carbons (Fsp3) is 0.211. The van der Waals surface area contributed by atoms with Crippen LogP contribution in [0.2, 0.25) is 0 Å². The molecule has 0 aliphatic carbocycles. The SMILES string of the molecule is [2H]c1c([2H])c([2H])c(-c2cccc3c2c2cc(-c4cc(C(C)(C)C)cc(C(C)(C)C)c4)ccc2n3-c2ccccc2)c([2H])c1[2H]. The number of hydrogen-bond acceptors (Lipinski definition) is 0. The van der Waals surface area contributed by atoms with Crippen LogP contribution < -0.4 is 0 Å². The third-order valence-corrected chi connectivity index (χ3v) is 7.57. The van der Waals surface area contributed by atoms with Gasteiger partial charge in [0.2, 0.25) is 0 Å². The Morgan fingerprint density at radius 1 is 0.564 bits per heavy atom. The van der Waals surface area contributed by atoms with Crippen LogP contribution in [-0.4, -0.2) is 4.57 Å². The highest BCUT2D eigenvalue weighted by Crippen LogP contribution is 2.41. The number of nitrogens with zero attached hydrogens (tertiary/aromatic N) is 1. The molecule has 1 nitrogen and oxygen atoms in total. The Labute approximate surface area is 239 Å². The molecule has 6 aromatic rings. The summed E-state index contributed by atoms with van der Waals surface area (Å²) in [4.78, 5) is 0. The van der Waals surface area contributed by atoms with Gasteiger partial charge in [-0.2, -0.15) is 0 Å². The van der Waals surface area contributed by atoms with Crippen molar-refractivity contribution in [3.05, 3.63) is 126 Å². The predicted octanol–water partition coefficient (Wildman–Crippen LogP) is 10.7. The van der Waals surface area contributed by atoms with E-state index in [0.717, 1.165) is 38.6 Å². The highest BCUT2D eigenvalue weighted by atomic mass is 15.0. The summed E-state index contributed by atoms with van der Waals surface area (Å²) in [7, 11) is 0. The molecule has 6 rings (SSSR count). The molecule has 0 fully saturated rings. The lowest BCUT2D eigenvalue weighted by Crippen LogP contribution is -2.16. The zero-order valence-electron chi connectivity index (χ0n) is 28.5. The Bertz CT molecular complexity index is 2010. The molecule has 0 bridgehead atoms. The van der Waals surface area contributed by atoms with Gasteiger partial charge in [-0.1, -0.05) is 126 Å². The normalized spacial score (nSPS) is 14.2. The summed E-state index contributed by atoms with van der Waals surface area (Å²) in [5.74, 6) is 0. The summed E-state index contributed by atoms with van der Waals surface area (Å²) in [6, 6.07) is 27.9. The topological polar surface area (TPSA) is 4.93 Å². The average molecular weight is 513 g/mol. The molecule has 0 unspecified atom stereocenters. The van der Waals surface area contributed by atoms with E-state index in [1.165, 1.54) is 11.1 Å². The van der Waals surface area contributed by atoms with Crippen molar-refractivity contribution in [3.8, 4) is 27.9 Å². The Balaban J connectivity index is 1.74. The van der Waals surface area contributed by atoms with E-state index in [0.29, 0.717) is 5.56 Å². The van der Waals surface area contributed by atoms with Gasteiger partial charge >= 0.3 is 0 Å². The van der Waals surface area contributed by atoms with Gasteiger partial charge in [0.25, 0.3) is 0 Å². The third kappa shape index (κ3) is 4.57. The van der Waals surface area contributed by atoms with E-state index in [9.17, 15) is 0 Å². The summed E-state index contributed by atoms with van der Waals surface area (Å²) < 4.78 is 44.7. The van der Waals surface area contributed by atoms with Crippen molar-refractivity contribution in [2.24, 2.45) is 0 Å². The molecule has 1 heteroatoms. The summed E-state index contributed by atoms with van der Waals surface area (Å²) in [6.07, 6.45) is 0. The molecule has 0 atom stereocenters. The van der Waals surface area contributed by atoms with Gasteiger partial charge in [0.15, 0.2) is 0 Å². The summed E-state index contributed by atoms with van der Waals surface area (Å²) in [6.45, 7) is 13.4. The molecule has 0 saturated carbocycles. The van der Waals surface area contributed by atoms with Crippen LogP contribution in [0.5, 0.6) is 0 Å². The van der Waals surface area contributed by atoms with Gasteiger partial charge in [0.05, 0.1) is 17.9 Å². The smallest absolute Gasteiger partial charge is 0.0629 e. The molecule has 5 aromatic carbocycles. The highest BCUT2D eigenvalue weighted by molar-refractivity contribution is 6.16. The Morgan fingerprint density at radius 3 is 1.87 bits per heavy atom. The van der Waals surface area contributed by atoms with Crippen molar-refractivity contribution in [2.75, 3.05) is 0 Å². The van der Waals surface area contributed by atoms with Crippen LogP contribution in [0, 0.1) is 0 Å². The van der Waals surface area contributed by atoms with Crippen molar-refractivity contribution in [1.82, 2.24) is 4.57 Å². The first-order chi connectivity index (χ1) is 20.7. The van der Waals surface area contributed by atoms with E-state index < -0.39 is 6.04 Å². The largest absolute Gasteiger partial charge is 0.309 e. The molecule has 0 aliphatic rings. The molecule has 0 N–H and O–H groups in total. The van der Waals surface area contributed by atoms with Gasteiger partial charge < -0.3 is 4.57 Å². The second-order valence-corrected chi connectivity index (χ2v) is 12.4. The van der Waals surface area contributed by atoms with Gasteiger partial charge in [-0.05, 0) is 74.5 Å². The van der Waals surface area contributed by atoms with E-state index >= 15 is 0 Å². The summed E-state index contributed by atoms with van der Waals surface area (Å²) in [5, 5.41) is 1.82. The van der Waals surface area contributed by atoms with Crippen molar-refractivity contribution >= 4 is 21.8 Å². The third-order valence-electron chi connectivity index (χ3n) is 7.57. The van der Waals surface area contributed by atoms with Gasteiger partial charge in [0, 0.05) is 16.5 Å². The second kappa shape index (κ2) is 9.27. The van der Waals surface area contributed by atoms with E-state index in [2.05, 4.69) is 94.6 Å². The van der Waals surface area contributed by atoms with E-state index in [1.807, 2.05) is 36.4 Å². The van der Waals surface area contributed by atoms with Crippen LogP contribution in [-0.2, 0) is 10.8 Å². The minimum Gasteiger partial charge on any atom is -0.309 e. The molecular formula is C38H37N. The summed E-state index contributed by atoms with van der Waals surface area (Å²) >= 11 is 0. The number of hydrogen-bond donors (Lipinski definition) is 0. The number of para-hydroxylation sites is 1. The molecule has 0 saturated heterocycles. The fourth-order valence-electron chi connectivity index (χ4n) is 5.36. The van der Waals surface area contributed by atoms with Gasteiger partial charge in [-0.15, -0.1) is 0 Å². The minimum absolute atomic E-state index is 0.0301. The zero-order valence-corrected chi connectivity index (χ0v) is 23.5. The monoisotopic (exact) mass is 512 g/mol. The van der Waals surface area contributed by atoms with E-state index in [1.54, 1.807) is 0 Å². The molecule has 0 amide bonds. The van der Waals surface area contributed by atoms with E-state index in [-0.39, 0.29) is 40.6 Å². The molecule has 194 valence electrons. The molecule has 0 aliphatic heterocycles. The van der Waals surface area contributed by atoms with Crippen molar-refractivity contribution in [3.63, 3.8) is 0 Å². The number of aromatic nitrogens is 1. The first-order valence-electron chi connectivity index (χ1n) is 16.0. The maximum Gasteiger partial charge on any atom is 0.0629 e. The Kier molecular flexibility index (Phi) is 4.73. The van der Waals surface area contributed by atoms with Crippen molar-refractivity contribution < 1.29 is 6.85 Å². The number of rotatable bonds is 3. The van der Waals surface area contributed by atoms with Crippen molar-refractivity contribution in [1.29, 1.82) is 0 Å². The van der Waals surface area contributed by atoms with Crippen LogP contribution in [0.1, 0.15) is 59.5 Å².